The zero-order valence-corrected chi connectivity index (χ0v) is 15.0. The maximum Gasteiger partial charge on any atom is 0.346 e. The first-order valence-corrected chi connectivity index (χ1v) is 8.60. The molecule has 1 aromatic carbocycles. The molecule has 3 aromatic rings. The summed E-state index contributed by atoms with van der Waals surface area (Å²) < 4.78 is 7.45. The van der Waals surface area contributed by atoms with Crippen molar-refractivity contribution in [2.24, 2.45) is 0 Å². The largest absolute Gasteiger partial charge is 0.423 e. The van der Waals surface area contributed by atoms with E-state index in [-0.39, 0.29) is 5.91 Å². The van der Waals surface area contributed by atoms with Gasteiger partial charge in [0, 0.05) is 29.9 Å². The first-order chi connectivity index (χ1) is 12.0. The molecule has 1 N–H and O–H groups in total. The number of amides is 1. The standard InChI is InChI=1S/C19H18N2O3S/c1-12-13(2)25-18(21-10-4-5-11-21)17(12)19(23)24-16-8-6-15(7-9-16)20-14(3)22/h4-11H,1-3H3,(H,20,22). The molecule has 0 saturated carbocycles. The number of nitrogens with one attached hydrogen (secondary N) is 1. The smallest absolute Gasteiger partial charge is 0.346 e. The number of esters is 1. The van der Waals surface area contributed by atoms with E-state index in [0.29, 0.717) is 17.0 Å². The summed E-state index contributed by atoms with van der Waals surface area (Å²) in [5.74, 6) is -0.107. The molecule has 0 saturated heterocycles. The first-order valence-electron chi connectivity index (χ1n) is 7.79. The summed E-state index contributed by atoms with van der Waals surface area (Å²) in [6.07, 6.45) is 3.81. The Balaban J connectivity index is 1.85. The van der Waals surface area contributed by atoms with Crippen molar-refractivity contribution in [1.82, 2.24) is 4.57 Å². The van der Waals surface area contributed by atoms with Gasteiger partial charge in [0.2, 0.25) is 5.91 Å². The quantitative estimate of drug-likeness (QED) is 0.560. The predicted molar refractivity (Wildman–Crippen MR) is 98.8 cm³/mol. The molecule has 1 amide bonds. The van der Waals surface area contributed by atoms with Gasteiger partial charge in [-0.25, -0.2) is 4.79 Å². The predicted octanol–water partition coefficient (Wildman–Crippen LogP) is 4.33. The number of hydrogen-bond acceptors (Lipinski definition) is 4. The number of hydrogen-bond donors (Lipinski definition) is 1. The van der Waals surface area contributed by atoms with E-state index in [1.54, 1.807) is 35.6 Å². The lowest BCUT2D eigenvalue weighted by Crippen LogP contribution is -2.12. The molecule has 0 unspecified atom stereocenters. The molecule has 0 spiro atoms. The Morgan fingerprint density at radius 2 is 1.72 bits per heavy atom. The number of ether oxygens (including phenoxy) is 1. The normalized spacial score (nSPS) is 10.5. The monoisotopic (exact) mass is 354 g/mol. The van der Waals surface area contributed by atoms with E-state index in [1.165, 1.54) is 6.92 Å². The third kappa shape index (κ3) is 3.64. The summed E-state index contributed by atoms with van der Waals surface area (Å²) in [7, 11) is 0. The van der Waals surface area contributed by atoms with E-state index < -0.39 is 5.97 Å². The van der Waals surface area contributed by atoms with Crippen LogP contribution in [-0.2, 0) is 4.79 Å². The second-order valence-corrected chi connectivity index (χ2v) is 6.85. The number of aromatic nitrogens is 1. The van der Waals surface area contributed by atoms with Crippen LogP contribution in [0.2, 0.25) is 0 Å². The van der Waals surface area contributed by atoms with Crippen molar-refractivity contribution in [3.05, 3.63) is 64.8 Å². The molecule has 0 aliphatic heterocycles. The zero-order valence-electron chi connectivity index (χ0n) is 14.2. The Labute approximate surface area is 149 Å². The molecule has 0 bridgehead atoms. The molecule has 6 heteroatoms. The fourth-order valence-corrected chi connectivity index (χ4v) is 3.58. The maximum absolute atomic E-state index is 12.7. The van der Waals surface area contributed by atoms with E-state index in [4.69, 9.17) is 4.74 Å². The van der Waals surface area contributed by atoms with Gasteiger partial charge < -0.3 is 14.6 Å². The van der Waals surface area contributed by atoms with Gasteiger partial charge in [-0.1, -0.05) is 0 Å². The Morgan fingerprint density at radius 3 is 2.32 bits per heavy atom. The number of anilines is 1. The lowest BCUT2D eigenvalue weighted by atomic mass is 10.1. The van der Waals surface area contributed by atoms with Crippen LogP contribution in [0.4, 0.5) is 5.69 Å². The van der Waals surface area contributed by atoms with E-state index in [0.717, 1.165) is 15.4 Å². The van der Waals surface area contributed by atoms with Crippen molar-refractivity contribution in [3.8, 4) is 10.8 Å². The summed E-state index contributed by atoms with van der Waals surface area (Å²) in [6, 6.07) is 10.5. The van der Waals surface area contributed by atoms with Crippen LogP contribution in [0.3, 0.4) is 0 Å². The highest BCUT2D eigenvalue weighted by Gasteiger charge is 2.22. The third-order valence-corrected chi connectivity index (χ3v) is 5.02. The molecule has 2 heterocycles. The highest BCUT2D eigenvalue weighted by Crippen LogP contribution is 2.32. The van der Waals surface area contributed by atoms with Crippen LogP contribution in [0, 0.1) is 13.8 Å². The number of rotatable bonds is 4. The summed E-state index contributed by atoms with van der Waals surface area (Å²) in [5.41, 5.74) is 2.15. The van der Waals surface area contributed by atoms with Gasteiger partial charge in [-0.05, 0) is 55.8 Å². The molecule has 25 heavy (non-hydrogen) atoms. The van der Waals surface area contributed by atoms with Crippen LogP contribution in [0.15, 0.2) is 48.8 Å². The Kier molecular flexibility index (Phi) is 4.72. The number of thiophene rings is 1. The minimum atomic E-state index is -0.391. The molecular weight excluding hydrogens is 336 g/mol. The molecule has 2 aromatic heterocycles. The SMILES string of the molecule is CC(=O)Nc1ccc(OC(=O)c2c(-n3cccc3)sc(C)c2C)cc1. The summed E-state index contributed by atoms with van der Waals surface area (Å²) in [4.78, 5) is 24.9. The molecule has 5 nitrogen and oxygen atoms in total. The van der Waals surface area contributed by atoms with Gasteiger partial charge in [0.15, 0.2) is 0 Å². The first kappa shape index (κ1) is 17.0. The van der Waals surface area contributed by atoms with Gasteiger partial charge in [-0.3, -0.25) is 4.79 Å². The van der Waals surface area contributed by atoms with Gasteiger partial charge in [0.1, 0.15) is 10.8 Å². The van der Waals surface area contributed by atoms with E-state index in [9.17, 15) is 9.59 Å². The van der Waals surface area contributed by atoms with Crippen molar-refractivity contribution >= 4 is 28.9 Å². The van der Waals surface area contributed by atoms with Crippen molar-refractivity contribution in [1.29, 1.82) is 0 Å². The van der Waals surface area contributed by atoms with Crippen molar-refractivity contribution in [3.63, 3.8) is 0 Å². The van der Waals surface area contributed by atoms with Crippen molar-refractivity contribution < 1.29 is 14.3 Å². The second kappa shape index (κ2) is 6.94. The highest BCUT2D eigenvalue weighted by molar-refractivity contribution is 7.15. The van der Waals surface area contributed by atoms with E-state index >= 15 is 0 Å². The summed E-state index contributed by atoms with van der Waals surface area (Å²) in [6.45, 7) is 5.36. The van der Waals surface area contributed by atoms with E-state index in [1.807, 2.05) is 42.9 Å². The van der Waals surface area contributed by atoms with Crippen LogP contribution >= 0.6 is 11.3 Å². The average molecular weight is 354 g/mol. The minimum Gasteiger partial charge on any atom is -0.423 e. The molecular formula is C19H18N2O3S. The molecule has 0 aliphatic rings. The third-order valence-electron chi connectivity index (χ3n) is 3.80. The molecule has 3 rings (SSSR count). The lowest BCUT2D eigenvalue weighted by Gasteiger charge is -2.08. The van der Waals surface area contributed by atoms with Crippen molar-refractivity contribution in [2.75, 3.05) is 5.32 Å². The Hall–Kier alpha value is -2.86. The molecule has 0 radical (unpaired) electrons. The van der Waals surface area contributed by atoms with Crippen LogP contribution < -0.4 is 10.1 Å². The van der Waals surface area contributed by atoms with Gasteiger partial charge in [0.25, 0.3) is 0 Å². The van der Waals surface area contributed by atoms with Gasteiger partial charge in [-0.2, -0.15) is 0 Å². The van der Waals surface area contributed by atoms with Gasteiger partial charge in [-0.15, -0.1) is 11.3 Å². The van der Waals surface area contributed by atoms with Crippen molar-refractivity contribution in [2.45, 2.75) is 20.8 Å². The summed E-state index contributed by atoms with van der Waals surface area (Å²) in [5, 5.41) is 3.52. The number of carbonyl (C=O) groups is 2. The number of carbonyl (C=O) groups excluding carboxylic acids is 2. The van der Waals surface area contributed by atoms with Crippen LogP contribution in [0.25, 0.3) is 5.00 Å². The van der Waals surface area contributed by atoms with E-state index in [2.05, 4.69) is 5.32 Å². The van der Waals surface area contributed by atoms with Gasteiger partial charge >= 0.3 is 5.97 Å². The average Bonchev–Trinajstić information content (AvgIpc) is 3.18. The fraction of sp³-hybridized carbons (Fsp3) is 0.158. The zero-order chi connectivity index (χ0) is 18.0. The summed E-state index contributed by atoms with van der Waals surface area (Å²) >= 11 is 1.56. The molecule has 0 atom stereocenters. The van der Waals surface area contributed by atoms with Crippen LogP contribution in [0.5, 0.6) is 5.75 Å². The number of benzene rings is 1. The second-order valence-electron chi connectivity index (χ2n) is 5.65. The maximum atomic E-state index is 12.7. The highest BCUT2D eigenvalue weighted by atomic mass is 32.1. The molecule has 128 valence electrons. The van der Waals surface area contributed by atoms with Gasteiger partial charge in [0.05, 0.1) is 5.56 Å². The van der Waals surface area contributed by atoms with Crippen LogP contribution in [-0.4, -0.2) is 16.4 Å². The Morgan fingerprint density at radius 1 is 1.08 bits per heavy atom. The number of nitrogens with zero attached hydrogens (tertiary/aromatic N) is 1. The minimum absolute atomic E-state index is 0.148. The fourth-order valence-electron chi connectivity index (χ4n) is 2.47. The topological polar surface area (TPSA) is 60.3 Å². The molecule has 0 aliphatic carbocycles. The number of aryl methyl sites for hydroxylation is 1. The lowest BCUT2D eigenvalue weighted by molar-refractivity contribution is -0.114. The van der Waals surface area contributed by atoms with Crippen LogP contribution in [0.1, 0.15) is 27.7 Å². The molecule has 0 fully saturated rings. The Bertz CT molecular complexity index is 909.